The van der Waals surface area contributed by atoms with Gasteiger partial charge < -0.3 is 9.52 Å². The highest BCUT2D eigenvalue weighted by molar-refractivity contribution is 5.16. The molecule has 3 nitrogen and oxygen atoms in total. The minimum atomic E-state index is -0.516. The Morgan fingerprint density at radius 1 is 1.43 bits per heavy atom. The molecule has 0 saturated heterocycles. The molecule has 1 atom stereocenters. The van der Waals surface area contributed by atoms with Crippen molar-refractivity contribution in [1.29, 1.82) is 0 Å². The molecule has 0 bridgehead atoms. The molecule has 0 saturated carbocycles. The second kappa shape index (κ2) is 4.07. The lowest BCUT2D eigenvalue weighted by Gasteiger charge is -2.07. The van der Waals surface area contributed by atoms with E-state index >= 15 is 0 Å². The number of hydrogen-bond donors (Lipinski definition) is 1. The number of nitrogens with zero attached hydrogens (tertiary/aromatic N) is 1. The lowest BCUT2D eigenvalue weighted by molar-refractivity contribution is 0.177. The van der Waals surface area contributed by atoms with Crippen molar-refractivity contribution in [2.75, 3.05) is 0 Å². The molecule has 14 heavy (non-hydrogen) atoms. The molecule has 0 aromatic carbocycles. The molecule has 0 aliphatic rings. The Hall–Kier alpha value is -1.61. The van der Waals surface area contributed by atoms with Crippen molar-refractivity contribution in [3.63, 3.8) is 0 Å². The SMILES string of the molecule is OC(Cc1cccnc1)c1ccoc1. The Balaban J connectivity index is 2.06. The molecule has 0 spiro atoms. The molecule has 72 valence electrons. The van der Waals surface area contributed by atoms with Crippen LogP contribution < -0.4 is 0 Å². The van der Waals surface area contributed by atoms with Crippen molar-refractivity contribution in [1.82, 2.24) is 4.98 Å². The summed E-state index contributed by atoms with van der Waals surface area (Å²) in [6, 6.07) is 5.56. The lowest BCUT2D eigenvalue weighted by Crippen LogP contribution is -2.00. The number of aliphatic hydroxyl groups excluding tert-OH is 1. The van der Waals surface area contributed by atoms with E-state index in [4.69, 9.17) is 4.42 Å². The lowest BCUT2D eigenvalue weighted by atomic mass is 10.1. The van der Waals surface area contributed by atoms with Gasteiger partial charge in [-0.2, -0.15) is 0 Å². The van der Waals surface area contributed by atoms with E-state index in [1.165, 1.54) is 0 Å². The number of pyridine rings is 1. The van der Waals surface area contributed by atoms with Crippen LogP contribution in [0.15, 0.2) is 47.5 Å². The normalized spacial score (nSPS) is 12.6. The second-order valence-corrected chi connectivity index (χ2v) is 3.14. The molecule has 0 aliphatic carbocycles. The number of furan rings is 1. The molecule has 0 amide bonds. The van der Waals surface area contributed by atoms with Crippen molar-refractivity contribution in [3.05, 3.63) is 54.2 Å². The summed E-state index contributed by atoms with van der Waals surface area (Å²) >= 11 is 0. The third-order valence-electron chi connectivity index (χ3n) is 2.08. The fraction of sp³-hybridized carbons (Fsp3) is 0.182. The topological polar surface area (TPSA) is 46.3 Å². The molecular formula is C11H11NO2. The van der Waals surface area contributed by atoms with Crippen LogP contribution in [0.4, 0.5) is 0 Å². The Morgan fingerprint density at radius 3 is 3.00 bits per heavy atom. The molecular weight excluding hydrogens is 178 g/mol. The first-order valence-corrected chi connectivity index (χ1v) is 4.45. The number of hydrogen-bond acceptors (Lipinski definition) is 3. The van der Waals surface area contributed by atoms with Gasteiger partial charge in [0.2, 0.25) is 0 Å². The molecule has 1 unspecified atom stereocenters. The van der Waals surface area contributed by atoms with E-state index in [1.54, 1.807) is 31.0 Å². The van der Waals surface area contributed by atoms with E-state index in [9.17, 15) is 5.11 Å². The largest absolute Gasteiger partial charge is 0.472 e. The van der Waals surface area contributed by atoms with Gasteiger partial charge in [0.25, 0.3) is 0 Å². The highest BCUT2D eigenvalue weighted by atomic mass is 16.3. The first kappa shape index (κ1) is 8.97. The third-order valence-corrected chi connectivity index (χ3v) is 2.08. The molecule has 2 aromatic rings. The van der Waals surface area contributed by atoms with Gasteiger partial charge in [-0.15, -0.1) is 0 Å². The molecule has 3 heteroatoms. The third kappa shape index (κ3) is 2.00. The van der Waals surface area contributed by atoms with Crippen LogP contribution in [0.1, 0.15) is 17.2 Å². The van der Waals surface area contributed by atoms with Crippen LogP contribution in [-0.2, 0) is 6.42 Å². The second-order valence-electron chi connectivity index (χ2n) is 3.14. The van der Waals surface area contributed by atoms with E-state index in [0.717, 1.165) is 11.1 Å². The predicted molar refractivity (Wildman–Crippen MR) is 51.6 cm³/mol. The van der Waals surface area contributed by atoms with E-state index in [1.807, 2.05) is 12.1 Å². The van der Waals surface area contributed by atoms with Crippen LogP contribution in [0.2, 0.25) is 0 Å². The molecule has 1 N–H and O–H groups in total. The molecule has 2 rings (SSSR count). The zero-order valence-electron chi connectivity index (χ0n) is 7.63. The number of aliphatic hydroxyl groups is 1. The zero-order valence-corrected chi connectivity index (χ0v) is 7.63. The highest BCUT2D eigenvalue weighted by Gasteiger charge is 2.09. The molecule has 2 heterocycles. The zero-order chi connectivity index (χ0) is 9.80. The first-order valence-electron chi connectivity index (χ1n) is 4.45. The van der Waals surface area contributed by atoms with Crippen LogP contribution >= 0.6 is 0 Å². The standard InChI is InChI=1S/C11H11NO2/c13-11(10-3-5-14-8-10)6-9-2-1-4-12-7-9/h1-5,7-8,11,13H,6H2. The van der Waals surface area contributed by atoms with Crippen LogP contribution in [0.3, 0.4) is 0 Å². The van der Waals surface area contributed by atoms with Gasteiger partial charge in [0, 0.05) is 24.4 Å². The maximum absolute atomic E-state index is 9.78. The summed E-state index contributed by atoms with van der Waals surface area (Å²) in [6.07, 6.45) is 6.63. The Kier molecular flexibility index (Phi) is 2.60. The van der Waals surface area contributed by atoms with Gasteiger partial charge in [-0.05, 0) is 17.7 Å². The van der Waals surface area contributed by atoms with E-state index in [2.05, 4.69) is 4.98 Å². The molecule has 0 aliphatic heterocycles. The fourth-order valence-electron chi connectivity index (χ4n) is 1.32. The van der Waals surface area contributed by atoms with Gasteiger partial charge in [-0.3, -0.25) is 4.98 Å². The quantitative estimate of drug-likeness (QED) is 0.802. The highest BCUT2D eigenvalue weighted by Crippen LogP contribution is 2.17. The van der Waals surface area contributed by atoms with Crippen molar-refractivity contribution < 1.29 is 9.52 Å². The summed E-state index contributed by atoms with van der Waals surface area (Å²) in [4.78, 5) is 3.98. The Morgan fingerprint density at radius 2 is 2.36 bits per heavy atom. The summed E-state index contributed by atoms with van der Waals surface area (Å²) in [7, 11) is 0. The molecule has 2 aromatic heterocycles. The molecule has 0 fully saturated rings. The van der Waals surface area contributed by atoms with E-state index < -0.39 is 6.10 Å². The Bertz CT molecular complexity index is 369. The molecule has 0 radical (unpaired) electrons. The minimum absolute atomic E-state index is 0.516. The monoisotopic (exact) mass is 189 g/mol. The average Bonchev–Trinajstić information content (AvgIpc) is 2.72. The van der Waals surface area contributed by atoms with Crippen LogP contribution in [0.25, 0.3) is 0 Å². The summed E-state index contributed by atoms with van der Waals surface area (Å²) < 4.78 is 4.90. The van der Waals surface area contributed by atoms with Crippen molar-refractivity contribution in [2.45, 2.75) is 12.5 Å². The smallest absolute Gasteiger partial charge is 0.0960 e. The Labute approximate surface area is 82.0 Å². The van der Waals surface area contributed by atoms with Crippen molar-refractivity contribution in [2.24, 2.45) is 0 Å². The van der Waals surface area contributed by atoms with Gasteiger partial charge in [0.1, 0.15) is 0 Å². The van der Waals surface area contributed by atoms with Crippen molar-refractivity contribution >= 4 is 0 Å². The van der Waals surface area contributed by atoms with Crippen LogP contribution in [-0.4, -0.2) is 10.1 Å². The van der Waals surface area contributed by atoms with E-state index in [0.29, 0.717) is 6.42 Å². The summed E-state index contributed by atoms with van der Waals surface area (Å²) in [5, 5.41) is 9.78. The van der Waals surface area contributed by atoms with Gasteiger partial charge >= 0.3 is 0 Å². The maximum Gasteiger partial charge on any atom is 0.0960 e. The van der Waals surface area contributed by atoms with Gasteiger partial charge in [-0.1, -0.05) is 6.07 Å². The number of rotatable bonds is 3. The van der Waals surface area contributed by atoms with Crippen LogP contribution in [0.5, 0.6) is 0 Å². The minimum Gasteiger partial charge on any atom is -0.472 e. The first-order chi connectivity index (χ1) is 6.86. The fourth-order valence-corrected chi connectivity index (χ4v) is 1.32. The van der Waals surface area contributed by atoms with Gasteiger partial charge in [-0.25, -0.2) is 0 Å². The van der Waals surface area contributed by atoms with Crippen LogP contribution in [0, 0.1) is 0 Å². The van der Waals surface area contributed by atoms with Gasteiger partial charge in [0.15, 0.2) is 0 Å². The van der Waals surface area contributed by atoms with Gasteiger partial charge in [0.05, 0.1) is 18.6 Å². The maximum atomic E-state index is 9.78. The number of aromatic nitrogens is 1. The van der Waals surface area contributed by atoms with Crippen molar-refractivity contribution in [3.8, 4) is 0 Å². The van der Waals surface area contributed by atoms with E-state index in [-0.39, 0.29) is 0 Å². The average molecular weight is 189 g/mol. The summed E-state index contributed by atoms with van der Waals surface area (Å²) in [5.41, 5.74) is 1.81. The summed E-state index contributed by atoms with van der Waals surface area (Å²) in [6.45, 7) is 0. The summed E-state index contributed by atoms with van der Waals surface area (Å²) in [5.74, 6) is 0. The predicted octanol–water partition coefficient (Wildman–Crippen LogP) is 1.95.